The van der Waals surface area contributed by atoms with Crippen molar-refractivity contribution >= 4 is 15.9 Å². The predicted octanol–water partition coefficient (Wildman–Crippen LogP) is 0.727. The van der Waals surface area contributed by atoms with E-state index in [0.29, 0.717) is 31.0 Å². The Labute approximate surface area is 151 Å². The molecule has 1 aromatic carbocycles. The molecule has 0 aliphatic carbocycles. The number of fused-ring (bicyclic) bond motifs is 1. The number of carbonyl (C=O) groups is 1. The molecule has 3 rings (SSSR count). The molecule has 9 heteroatoms. The standard InChI is InChI=1S/C17H21N3O5S/c1-11-7-15(19-25-11)9-18-26(23,24)16-4-3-14-10-20(17(22)12(2)21)6-5-13(14)8-16/h3-4,7-8,12,18,21H,5-6,9-10H2,1-2H3/t12-/m1/s1. The Bertz CT molecular complexity index is 920. The highest BCUT2D eigenvalue weighted by molar-refractivity contribution is 7.89. The largest absolute Gasteiger partial charge is 0.384 e. The summed E-state index contributed by atoms with van der Waals surface area (Å²) in [5.41, 5.74) is 2.28. The van der Waals surface area contributed by atoms with Gasteiger partial charge in [-0.1, -0.05) is 11.2 Å². The van der Waals surface area contributed by atoms with Crippen molar-refractivity contribution in [2.75, 3.05) is 6.54 Å². The fourth-order valence-corrected chi connectivity index (χ4v) is 3.95. The summed E-state index contributed by atoms with van der Waals surface area (Å²) in [6, 6.07) is 6.54. The third kappa shape index (κ3) is 3.95. The number of aromatic nitrogens is 1. The van der Waals surface area contributed by atoms with Crippen LogP contribution in [0.2, 0.25) is 0 Å². The summed E-state index contributed by atoms with van der Waals surface area (Å²) in [5, 5.41) is 13.2. The Morgan fingerprint density at radius 1 is 1.38 bits per heavy atom. The molecule has 1 aliphatic rings. The summed E-state index contributed by atoms with van der Waals surface area (Å²) in [4.78, 5) is 13.7. The number of sulfonamides is 1. The first-order valence-corrected chi connectivity index (χ1v) is 9.75. The minimum absolute atomic E-state index is 0.0490. The first-order chi connectivity index (χ1) is 12.3. The Balaban J connectivity index is 1.73. The Kier molecular flexibility index (Phi) is 5.12. The molecule has 0 saturated carbocycles. The van der Waals surface area contributed by atoms with E-state index in [1.807, 2.05) is 0 Å². The van der Waals surface area contributed by atoms with Crippen LogP contribution in [0.4, 0.5) is 0 Å². The van der Waals surface area contributed by atoms with Crippen LogP contribution in [0.15, 0.2) is 33.7 Å². The van der Waals surface area contributed by atoms with E-state index in [1.54, 1.807) is 30.0 Å². The van der Waals surface area contributed by atoms with Gasteiger partial charge in [0.15, 0.2) is 0 Å². The molecule has 1 aromatic heterocycles. The predicted molar refractivity (Wildman–Crippen MR) is 92.5 cm³/mol. The van der Waals surface area contributed by atoms with Crippen LogP contribution in [0, 0.1) is 6.92 Å². The van der Waals surface area contributed by atoms with Crippen molar-refractivity contribution in [3.05, 3.63) is 46.8 Å². The highest BCUT2D eigenvalue weighted by Gasteiger charge is 2.25. The smallest absolute Gasteiger partial charge is 0.251 e. The SMILES string of the molecule is Cc1cc(CNS(=O)(=O)c2ccc3c(c2)CCN(C(=O)[C@@H](C)O)C3)no1. The Hall–Kier alpha value is -2.23. The minimum atomic E-state index is -3.68. The maximum Gasteiger partial charge on any atom is 0.251 e. The second-order valence-corrected chi connectivity index (χ2v) is 8.14. The highest BCUT2D eigenvalue weighted by Crippen LogP contribution is 2.23. The van der Waals surface area contributed by atoms with Gasteiger partial charge < -0.3 is 14.5 Å². The number of nitrogens with one attached hydrogen (secondary N) is 1. The van der Waals surface area contributed by atoms with E-state index in [2.05, 4.69) is 9.88 Å². The summed E-state index contributed by atoms with van der Waals surface area (Å²) in [5.74, 6) is 0.293. The summed E-state index contributed by atoms with van der Waals surface area (Å²) in [7, 11) is -3.68. The molecule has 26 heavy (non-hydrogen) atoms. The van der Waals surface area contributed by atoms with E-state index in [1.165, 1.54) is 13.0 Å². The molecule has 0 spiro atoms. The van der Waals surface area contributed by atoms with Crippen LogP contribution >= 0.6 is 0 Å². The van der Waals surface area contributed by atoms with Gasteiger partial charge in [-0.2, -0.15) is 0 Å². The number of aliphatic hydroxyl groups is 1. The average Bonchev–Trinajstić information content (AvgIpc) is 3.04. The third-order valence-corrected chi connectivity index (χ3v) is 5.69. The van der Waals surface area contributed by atoms with Crippen molar-refractivity contribution in [2.45, 2.75) is 44.4 Å². The quantitative estimate of drug-likeness (QED) is 0.792. The van der Waals surface area contributed by atoms with Crippen molar-refractivity contribution in [3.63, 3.8) is 0 Å². The molecule has 0 fully saturated rings. The van der Waals surface area contributed by atoms with Crippen LogP contribution in [0.3, 0.4) is 0 Å². The normalized spacial score (nSPS) is 15.6. The van der Waals surface area contributed by atoms with Gasteiger partial charge >= 0.3 is 0 Å². The van der Waals surface area contributed by atoms with Crippen LogP contribution in [0.25, 0.3) is 0 Å². The second kappa shape index (κ2) is 7.18. The van der Waals surface area contributed by atoms with Crippen molar-refractivity contribution in [2.24, 2.45) is 0 Å². The maximum absolute atomic E-state index is 12.5. The summed E-state index contributed by atoms with van der Waals surface area (Å²) in [6.45, 7) is 4.04. The molecule has 2 N–H and O–H groups in total. The zero-order valence-corrected chi connectivity index (χ0v) is 15.4. The number of carbonyl (C=O) groups excluding carboxylic acids is 1. The molecule has 0 saturated heterocycles. The first kappa shape index (κ1) is 18.6. The lowest BCUT2D eigenvalue weighted by molar-refractivity contribution is -0.140. The van der Waals surface area contributed by atoms with Gasteiger partial charge in [-0.25, -0.2) is 13.1 Å². The number of nitrogens with zero attached hydrogens (tertiary/aromatic N) is 2. The maximum atomic E-state index is 12.5. The molecule has 2 heterocycles. The molecular weight excluding hydrogens is 358 g/mol. The minimum Gasteiger partial charge on any atom is -0.384 e. The molecule has 0 radical (unpaired) electrons. The number of hydrogen-bond donors (Lipinski definition) is 2. The lowest BCUT2D eigenvalue weighted by Gasteiger charge is -2.30. The second-order valence-electron chi connectivity index (χ2n) is 6.37. The summed E-state index contributed by atoms with van der Waals surface area (Å²) in [6.07, 6.45) is -0.500. The number of hydrogen-bond acceptors (Lipinski definition) is 6. The molecule has 0 unspecified atom stereocenters. The topological polar surface area (TPSA) is 113 Å². The van der Waals surface area contributed by atoms with Crippen molar-refractivity contribution < 1.29 is 22.8 Å². The number of benzene rings is 1. The van der Waals surface area contributed by atoms with Crippen LogP contribution in [0.5, 0.6) is 0 Å². The monoisotopic (exact) mass is 379 g/mol. The number of rotatable bonds is 5. The number of aryl methyl sites for hydroxylation is 1. The van der Waals surface area contributed by atoms with Crippen LogP contribution < -0.4 is 4.72 Å². The molecule has 1 aliphatic heterocycles. The van der Waals surface area contributed by atoms with E-state index >= 15 is 0 Å². The molecule has 140 valence electrons. The fourth-order valence-electron chi connectivity index (χ4n) is 2.90. The van der Waals surface area contributed by atoms with Gasteiger partial charge in [0.2, 0.25) is 10.0 Å². The van der Waals surface area contributed by atoms with Crippen LogP contribution in [-0.4, -0.2) is 42.1 Å². The van der Waals surface area contributed by atoms with Crippen molar-refractivity contribution in [1.29, 1.82) is 0 Å². The molecular formula is C17H21N3O5S. The third-order valence-electron chi connectivity index (χ3n) is 4.29. The van der Waals surface area contributed by atoms with E-state index in [9.17, 15) is 18.3 Å². The van der Waals surface area contributed by atoms with E-state index in [4.69, 9.17) is 4.52 Å². The lowest BCUT2D eigenvalue weighted by atomic mass is 9.99. The van der Waals surface area contributed by atoms with Gasteiger partial charge in [-0.15, -0.1) is 0 Å². The average molecular weight is 379 g/mol. The highest BCUT2D eigenvalue weighted by atomic mass is 32.2. The summed E-state index contributed by atoms with van der Waals surface area (Å²) < 4.78 is 32.4. The zero-order valence-electron chi connectivity index (χ0n) is 14.6. The van der Waals surface area contributed by atoms with E-state index < -0.39 is 16.1 Å². The molecule has 2 aromatic rings. The lowest BCUT2D eigenvalue weighted by Crippen LogP contribution is -2.41. The van der Waals surface area contributed by atoms with Crippen molar-refractivity contribution in [1.82, 2.24) is 14.8 Å². The molecule has 1 atom stereocenters. The van der Waals surface area contributed by atoms with Crippen molar-refractivity contribution in [3.8, 4) is 0 Å². The Morgan fingerprint density at radius 2 is 2.15 bits per heavy atom. The van der Waals surface area contributed by atoms with Gasteiger partial charge in [0.25, 0.3) is 5.91 Å². The van der Waals surface area contributed by atoms with Gasteiger partial charge in [-0.3, -0.25) is 4.79 Å². The van der Waals surface area contributed by atoms with E-state index in [0.717, 1.165) is 11.1 Å². The van der Waals surface area contributed by atoms with Gasteiger partial charge in [-0.05, 0) is 43.5 Å². The van der Waals surface area contributed by atoms with Gasteiger partial charge in [0.05, 0.1) is 17.1 Å². The van der Waals surface area contributed by atoms with E-state index in [-0.39, 0.29) is 17.3 Å². The fraction of sp³-hybridized carbons (Fsp3) is 0.412. The van der Waals surface area contributed by atoms with Crippen LogP contribution in [-0.2, 0) is 34.3 Å². The van der Waals surface area contributed by atoms with Gasteiger partial charge in [0.1, 0.15) is 11.9 Å². The van der Waals surface area contributed by atoms with Crippen LogP contribution in [0.1, 0.15) is 29.5 Å². The van der Waals surface area contributed by atoms with Gasteiger partial charge in [0, 0.05) is 19.2 Å². The summed E-state index contributed by atoms with van der Waals surface area (Å²) >= 11 is 0. The number of aliphatic hydroxyl groups excluding tert-OH is 1. The first-order valence-electron chi connectivity index (χ1n) is 8.27. The molecule has 0 bridgehead atoms. The number of amides is 1. The molecule has 8 nitrogen and oxygen atoms in total. The Morgan fingerprint density at radius 3 is 2.81 bits per heavy atom. The molecule has 1 amide bonds. The zero-order chi connectivity index (χ0) is 18.9.